The maximum absolute atomic E-state index is 12.6. The highest BCUT2D eigenvalue weighted by Gasteiger charge is 2.18. The first-order chi connectivity index (χ1) is 11.7. The van der Waals surface area contributed by atoms with Crippen LogP contribution in [0.4, 0.5) is 5.82 Å². The Hall–Kier alpha value is -2.70. The zero-order valence-electron chi connectivity index (χ0n) is 12.3. The second kappa shape index (κ2) is 6.07. The normalized spacial score (nSPS) is 10.9. The van der Waals surface area contributed by atoms with E-state index in [1.807, 2.05) is 23.7 Å². The molecule has 3 aromatic heterocycles. The number of benzene rings is 1. The molecule has 5 nitrogen and oxygen atoms in total. The second-order valence-electron chi connectivity index (χ2n) is 5.04. The van der Waals surface area contributed by atoms with Crippen molar-refractivity contribution in [1.82, 2.24) is 14.4 Å². The van der Waals surface area contributed by atoms with Gasteiger partial charge < -0.3 is 5.32 Å². The quantitative estimate of drug-likeness (QED) is 0.594. The van der Waals surface area contributed by atoms with Gasteiger partial charge in [0, 0.05) is 23.0 Å². The molecule has 1 amide bonds. The zero-order valence-corrected chi connectivity index (χ0v) is 13.9. The van der Waals surface area contributed by atoms with Gasteiger partial charge in [-0.05, 0) is 41.8 Å². The van der Waals surface area contributed by atoms with Gasteiger partial charge in [0.1, 0.15) is 11.5 Å². The predicted molar refractivity (Wildman–Crippen MR) is 95.7 cm³/mol. The molecule has 0 saturated carbocycles. The molecule has 118 valence electrons. The van der Waals surface area contributed by atoms with Gasteiger partial charge >= 0.3 is 0 Å². The first-order valence-electron chi connectivity index (χ1n) is 7.16. The minimum atomic E-state index is -0.227. The molecular formula is C17H11ClN4OS. The number of hydrogen-bond donors (Lipinski definition) is 1. The van der Waals surface area contributed by atoms with E-state index in [0.717, 1.165) is 4.88 Å². The van der Waals surface area contributed by atoms with E-state index in [1.54, 1.807) is 52.3 Å². The molecule has 4 aromatic rings. The van der Waals surface area contributed by atoms with Crippen LogP contribution in [0.5, 0.6) is 0 Å². The van der Waals surface area contributed by atoms with E-state index < -0.39 is 0 Å². The van der Waals surface area contributed by atoms with Gasteiger partial charge in [-0.2, -0.15) is 0 Å². The lowest BCUT2D eigenvalue weighted by atomic mass is 10.2. The van der Waals surface area contributed by atoms with Crippen LogP contribution in [0.25, 0.3) is 16.3 Å². The summed E-state index contributed by atoms with van der Waals surface area (Å²) < 4.78 is 1.77. The van der Waals surface area contributed by atoms with Crippen LogP contribution >= 0.6 is 22.9 Å². The van der Waals surface area contributed by atoms with E-state index in [1.165, 1.54) is 0 Å². The maximum Gasteiger partial charge on any atom is 0.256 e. The Bertz CT molecular complexity index is 1010. The Morgan fingerprint density at radius 2 is 2.00 bits per heavy atom. The number of carbonyl (C=O) groups is 1. The number of fused-ring (bicyclic) bond motifs is 1. The molecule has 1 N–H and O–H groups in total. The van der Waals surface area contributed by atoms with Crippen LogP contribution in [0, 0.1) is 0 Å². The SMILES string of the molecule is O=C(Nc1c(-c2cccs2)nc2ncccn12)c1ccc(Cl)cc1. The molecule has 0 fully saturated rings. The summed E-state index contributed by atoms with van der Waals surface area (Å²) in [6.07, 6.45) is 3.50. The molecule has 0 atom stereocenters. The summed E-state index contributed by atoms with van der Waals surface area (Å²) in [5.74, 6) is 0.905. The van der Waals surface area contributed by atoms with Crippen molar-refractivity contribution in [2.24, 2.45) is 0 Å². The van der Waals surface area contributed by atoms with Crippen LogP contribution in [0.3, 0.4) is 0 Å². The number of nitrogens with zero attached hydrogens (tertiary/aromatic N) is 3. The fourth-order valence-electron chi connectivity index (χ4n) is 2.37. The second-order valence-corrected chi connectivity index (χ2v) is 6.42. The molecule has 24 heavy (non-hydrogen) atoms. The number of amides is 1. The Morgan fingerprint density at radius 1 is 1.17 bits per heavy atom. The van der Waals surface area contributed by atoms with Gasteiger partial charge in [-0.25, -0.2) is 9.97 Å². The van der Waals surface area contributed by atoms with E-state index in [-0.39, 0.29) is 5.91 Å². The van der Waals surface area contributed by atoms with Gasteiger partial charge in [0.05, 0.1) is 4.88 Å². The number of thiophene rings is 1. The van der Waals surface area contributed by atoms with E-state index in [2.05, 4.69) is 15.3 Å². The molecule has 0 aliphatic rings. The summed E-state index contributed by atoms with van der Waals surface area (Å²) in [7, 11) is 0. The third-order valence-corrected chi connectivity index (χ3v) is 4.63. The van der Waals surface area contributed by atoms with Crippen molar-refractivity contribution in [2.75, 3.05) is 5.32 Å². The molecule has 1 aromatic carbocycles. The Labute approximate surface area is 146 Å². The lowest BCUT2D eigenvalue weighted by molar-refractivity contribution is 0.102. The Kier molecular flexibility index (Phi) is 3.76. The van der Waals surface area contributed by atoms with Gasteiger partial charge in [0.2, 0.25) is 5.78 Å². The summed E-state index contributed by atoms with van der Waals surface area (Å²) in [6, 6.07) is 12.4. The fourth-order valence-corrected chi connectivity index (χ4v) is 3.21. The summed E-state index contributed by atoms with van der Waals surface area (Å²) >= 11 is 7.44. The van der Waals surface area contributed by atoms with Crippen molar-refractivity contribution in [3.8, 4) is 10.6 Å². The minimum absolute atomic E-state index is 0.227. The number of rotatable bonds is 3. The number of carbonyl (C=O) groups excluding carboxylic acids is 1. The topological polar surface area (TPSA) is 59.3 Å². The van der Waals surface area contributed by atoms with E-state index in [0.29, 0.717) is 27.9 Å². The number of aromatic nitrogens is 3. The van der Waals surface area contributed by atoms with Crippen molar-refractivity contribution in [1.29, 1.82) is 0 Å². The first-order valence-corrected chi connectivity index (χ1v) is 8.42. The number of halogens is 1. The molecule has 0 bridgehead atoms. The largest absolute Gasteiger partial charge is 0.306 e. The van der Waals surface area contributed by atoms with Crippen molar-refractivity contribution in [2.45, 2.75) is 0 Å². The first kappa shape index (κ1) is 14.9. The van der Waals surface area contributed by atoms with E-state index in [9.17, 15) is 4.79 Å². The summed E-state index contributed by atoms with van der Waals surface area (Å²) in [4.78, 5) is 22.3. The molecule has 0 radical (unpaired) electrons. The van der Waals surface area contributed by atoms with Crippen LogP contribution in [0.15, 0.2) is 60.2 Å². The smallest absolute Gasteiger partial charge is 0.256 e. The number of imidazole rings is 1. The van der Waals surface area contributed by atoms with Gasteiger partial charge in [-0.15, -0.1) is 11.3 Å². The van der Waals surface area contributed by atoms with Crippen LogP contribution in [0.2, 0.25) is 5.02 Å². The van der Waals surface area contributed by atoms with Gasteiger partial charge in [-0.3, -0.25) is 9.20 Å². The number of nitrogens with one attached hydrogen (secondary N) is 1. The molecular weight excluding hydrogens is 344 g/mol. The highest BCUT2D eigenvalue weighted by Crippen LogP contribution is 2.31. The maximum atomic E-state index is 12.6. The Morgan fingerprint density at radius 3 is 2.75 bits per heavy atom. The molecule has 0 aliphatic carbocycles. The van der Waals surface area contributed by atoms with Crippen molar-refractivity contribution >= 4 is 40.4 Å². The van der Waals surface area contributed by atoms with Crippen LogP contribution in [-0.4, -0.2) is 20.3 Å². The lowest BCUT2D eigenvalue weighted by Crippen LogP contribution is -2.13. The average molecular weight is 355 g/mol. The molecule has 4 rings (SSSR count). The third-order valence-electron chi connectivity index (χ3n) is 3.50. The highest BCUT2D eigenvalue weighted by molar-refractivity contribution is 7.13. The molecule has 3 heterocycles. The van der Waals surface area contributed by atoms with Crippen molar-refractivity contribution < 1.29 is 4.79 Å². The average Bonchev–Trinajstić information content (AvgIpc) is 3.23. The van der Waals surface area contributed by atoms with Gasteiger partial charge in [0.15, 0.2) is 0 Å². The van der Waals surface area contributed by atoms with E-state index >= 15 is 0 Å². The molecule has 0 aliphatic heterocycles. The van der Waals surface area contributed by atoms with Gasteiger partial charge in [-0.1, -0.05) is 17.7 Å². The summed E-state index contributed by atoms with van der Waals surface area (Å²) in [6.45, 7) is 0. The van der Waals surface area contributed by atoms with E-state index in [4.69, 9.17) is 11.6 Å². The monoisotopic (exact) mass is 354 g/mol. The fraction of sp³-hybridized carbons (Fsp3) is 0. The van der Waals surface area contributed by atoms with Crippen molar-refractivity contribution in [3.63, 3.8) is 0 Å². The zero-order chi connectivity index (χ0) is 16.5. The molecule has 0 unspecified atom stereocenters. The van der Waals surface area contributed by atoms with Crippen molar-refractivity contribution in [3.05, 3.63) is 70.8 Å². The molecule has 0 saturated heterocycles. The molecule has 7 heteroatoms. The third kappa shape index (κ3) is 2.66. The van der Waals surface area contributed by atoms with Crippen LogP contribution in [0.1, 0.15) is 10.4 Å². The highest BCUT2D eigenvalue weighted by atomic mass is 35.5. The van der Waals surface area contributed by atoms with Gasteiger partial charge in [0.25, 0.3) is 5.91 Å². The summed E-state index contributed by atoms with van der Waals surface area (Å²) in [5.41, 5.74) is 1.22. The Balaban J connectivity index is 1.79. The standard InChI is InChI=1S/C17H11ClN4OS/c18-12-6-4-11(5-7-12)16(23)21-15-14(13-3-1-10-24-13)20-17-19-8-2-9-22(15)17/h1-10H,(H,21,23). The number of hydrogen-bond acceptors (Lipinski definition) is 4. The van der Waals surface area contributed by atoms with Crippen LogP contribution < -0.4 is 5.32 Å². The number of anilines is 1. The molecule has 0 spiro atoms. The summed E-state index contributed by atoms with van der Waals surface area (Å²) in [5, 5.41) is 5.50. The van der Waals surface area contributed by atoms with Crippen LogP contribution in [-0.2, 0) is 0 Å². The predicted octanol–water partition coefficient (Wildman–Crippen LogP) is 4.36. The lowest BCUT2D eigenvalue weighted by Gasteiger charge is -2.07. The minimum Gasteiger partial charge on any atom is -0.306 e.